The Hall–Kier alpha value is -2.74. The molecule has 5 heteroatoms. The molecule has 0 unspecified atom stereocenters. The number of halogens is 1. The fourth-order valence-corrected chi connectivity index (χ4v) is 1.54. The maximum atomic E-state index is 13.1. The Morgan fingerprint density at radius 3 is 2.84 bits per heavy atom. The van der Waals surface area contributed by atoms with Gasteiger partial charge in [-0.1, -0.05) is 6.07 Å². The molecule has 0 atom stereocenters. The van der Waals surface area contributed by atoms with Crippen molar-refractivity contribution in [3.05, 3.63) is 59.2 Å². The number of hydrogen-bond donors (Lipinski definition) is 1. The van der Waals surface area contributed by atoms with Gasteiger partial charge in [-0.05, 0) is 42.8 Å². The van der Waals surface area contributed by atoms with Crippen molar-refractivity contribution in [2.75, 3.05) is 5.32 Å². The van der Waals surface area contributed by atoms with Crippen LogP contribution in [-0.4, -0.2) is 10.9 Å². The van der Waals surface area contributed by atoms with Crippen LogP contribution in [0.4, 0.5) is 10.1 Å². The predicted octanol–water partition coefficient (Wildman–Crippen LogP) is 2.65. The van der Waals surface area contributed by atoms with E-state index in [0.717, 1.165) is 0 Å². The Labute approximate surface area is 109 Å². The number of nitriles is 1. The first-order valence-electron chi connectivity index (χ1n) is 5.55. The monoisotopic (exact) mass is 255 g/mol. The summed E-state index contributed by atoms with van der Waals surface area (Å²) in [4.78, 5) is 15.8. The molecule has 94 valence electrons. The second kappa shape index (κ2) is 5.27. The molecule has 0 aliphatic rings. The van der Waals surface area contributed by atoms with Gasteiger partial charge >= 0.3 is 0 Å². The van der Waals surface area contributed by atoms with E-state index >= 15 is 0 Å². The van der Waals surface area contributed by atoms with Crippen molar-refractivity contribution < 1.29 is 9.18 Å². The quantitative estimate of drug-likeness (QED) is 0.897. The first-order chi connectivity index (χ1) is 9.10. The summed E-state index contributed by atoms with van der Waals surface area (Å²) < 4.78 is 13.1. The number of pyridine rings is 1. The lowest BCUT2D eigenvalue weighted by Crippen LogP contribution is -2.14. The molecule has 0 aliphatic carbocycles. The number of nitrogens with zero attached hydrogens (tertiary/aromatic N) is 2. The summed E-state index contributed by atoms with van der Waals surface area (Å²) in [5, 5.41) is 11.3. The van der Waals surface area contributed by atoms with Gasteiger partial charge in [0, 0.05) is 5.69 Å². The molecule has 1 N–H and O–H groups in total. The number of rotatable bonds is 2. The Bertz CT molecular complexity index is 677. The lowest BCUT2D eigenvalue weighted by molar-refractivity contribution is 0.102. The van der Waals surface area contributed by atoms with Crippen molar-refractivity contribution in [3.63, 3.8) is 0 Å². The third kappa shape index (κ3) is 2.93. The second-order valence-corrected chi connectivity index (χ2v) is 3.94. The van der Waals surface area contributed by atoms with E-state index in [1.54, 1.807) is 13.0 Å². The molecule has 0 saturated carbocycles. The summed E-state index contributed by atoms with van der Waals surface area (Å²) in [6.07, 6.45) is 0. The van der Waals surface area contributed by atoms with Crippen LogP contribution in [0.1, 0.15) is 21.7 Å². The van der Waals surface area contributed by atoms with Gasteiger partial charge in [0.05, 0.1) is 0 Å². The fourth-order valence-electron chi connectivity index (χ4n) is 1.54. The first kappa shape index (κ1) is 12.7. The van der Waals surface area contributed by atoms with Crippen molar-refractivity contribution >= 4 is 11.6 Å². The molecule has 1 heterocycles. The van der Waals surface area contributed by atoms with Crippen LogP contribution in [0.5, 0.6) is 0 Å². The van der Waals surface area contributed by atoms with Crippen LogP contribution >= 0.6 is 0 Å². The van der Waals surface area contributed by atoms with Gasteiger partial charge < -0.3 is 5.32 Å². The van der Waals surface area contributed by atoms with Crippen molar-refractivity contribution in [1.29, 1.82) is 5.26 Å². The van der Waals surface area contributed by atoms with E-state index in [2.05, 4.69) is 10.3 Å². The van der Waals surface area contributed by atoms with Crippen LogP contribution < -0.4 is 5.32 Å². The number of nitrogens with one attached hydrogen (secondary N) is 1. The summed E-state index contributed by atoms with van der Waals surface area (Å²) in [6.45, 7) is 1.61. The zero-order chi connectivity index (χ0) is 13.8. The van der Waals surface area contributed by atoms with Crippen LogP contribution in [-0.2, 0) is 0 Å². The lowest BCUT2D eigenvalue weighted by Gasteiger charge is -2.06. The van der Waals surface area contributed by atoms with Crippen LogP contribution in [0.15, 0.2) is 36.4 Å². The molecule has 1 aromatic carbocycles. The highest BCUT2D eigenvalue weighted by atomic mass is 19.1. The van der Waals surface area contributed by atoms with E-state index in [1.807, 2.05) is 6.07 Å². The Balaban J connectivity index is 2.21. The van der Waals surface area contributed by atoms with Crippen molar-refractivity contribution in [1.82, 2.24) is 4.98 Å². The second-order valence-electron chi connectivity index (χ2n) is 3.94. The maximum absolute atomic E-state index is 13.1. The molecular formula is C14H10FN3O. The summed E-state index contributed by atoms with van der Waals surface area (Å²) in [7, 11) is 0. The Morgan fingerprint density at radius 2 is 2.16 bits per heavy atom. The summed E-state index contributed by atoms with van der Waals surface area (Å²) >= 11 is 0. The molecular weight excluding hydrogens is 245 g/mol. The number of aromatic nitrogens is 1. The summed E-state index contributed by atoms with van der Waals surface area (Å²) in [6, 6.07) is 10.7. The Kier molecular flexibility index (Phi) is 3.53. The molecule has 2 aromatic rings. The van der Waals surface area contributed by atoms with Crippen LogP contribution in [0, 0.1) is 24.1 Å². The normalized spacial score (nSPS) is 9.74. The van der Waals surface area contributed by atoms with Crippen molar-refractivity contribution in [2.24, 2.45) is 0 Å². The van der Waals surface area contributed by atoms with Gasteiger partial charge in [0.1, 0.15) is 23.3 Å². The third-order valence-corrected chi connectivity index (χ3v) is 2.51. The highest BCUT2D eigenvalue weighted by Gasteiger charge is 2.09. The number of carbonyl (C=O) groups is 1. The average molecular weight is 255 g/mol. The van der Waals surface area contributed by atoms with Gasteiger partial charge in [-0.15, -0.1) is 0 Å². The molecule has 1 aromatic heterocycles. The number of benzene rings is 1. The highest BCUT2D eigenvalue weighted by molar-refractivity contribution is 6.02. The van der Waals surface area contributed by atoms with Crippen molar-refractivity contribution in [3.8, 4) is 6.07 Å². The molecule has 0 radical (unpaired) electrons. The van der Waals surface area contributed by atoms with Gasteiger partial charge in [0.2, 0.25) is 0 Å². The van der Waals surface area contributed by atoms with Crippen LogP contribution in [0.2, 0.25) is 0 Å². The third-order valence-electron chi connectivity index (χ3n) is 2.51. The standard InChI is InChI=1S/C14H10FN3O/c1-9-7-10(5-6-12(9)15)18-14(19)13-4-2-3-11(8-16)17-13/h2-7H,1H3,(H,18,19). The van der Waals surface area contributed by atoms with Crippen LogP contribution in [0.25, 0.3) is 0 Å². The zero-order valence-electron chi connectivity index (χ0n) is 10.1. The lowest BCUT2D eigenvalue weighted by atomic mass is 10.2. The van der Waals surface area contributed by atoms with Gasteiger partial charge in [0.15, 0.2) is 0 Å². The molecule has 0 saturated heterocycles. The van der Waals surface area contributed by atoms with E-state index in [9.17, 15) is 9.18 Å². The molecule has 19 heavy (non-hydrogen) atoms. The smallest absolute Gasteiger partial charge is 0.274 e. The topological polar surface area (TPSA) is 65.8 Å². The van der Waals surface area contributed by atoms with E-state index < -0.39 is 5.91 Å². The van der Waals surface area contributed by atoms with E-state index in [1.165, 1.54) is 30.3 Å². The number of carbonyl (C=O) groups excluding carboxylic acids is 1. The molecule has 0 fully saturated rings. The van der Waals surface area contributed by atoms with E-state index in [-0.39, 0.29) is 17.2 Å². The van der Waals surface area contributed by atoms with Gasteiger partial charge in [-0.3, -0.25) is 4.79 Å². The molecule has 2 rings (SSSR count). The SMILES string of the molecule is Cc1cc(NC(=O)c2cccc(C#N)n2)ccc1F. The molecule has 0 spiro atoms. The van der Waals surface area contributed by atoms with Crippen molar-refractivity contribution in [2.45, 2.75) is 6.92 Å². The van der Waals surface area contributed by atoms with Crippen LogP contribution in [0.3, 0.4) is 0 Å². The molecule has 1 amide bonds. The summed E-state index contributed by atoms with van der Waals surface area (Å²) in [5.74, 6) is -0.772. The largest absolute Gasteiger partial charge is 0.321 e. The number of hydrogen-bond acceptors (Lipinski definition) is 3. The average Bonchev–Trinajstić information content (AvgIpc) is 2.43. The fraction of sp³-hybridized carbons (Fsp3) is 0.0714. The Morgan fingerprint density at radius 1 is 1.37 bits per heavy atom. The molecule has 4 nitrogen and oxygen atoms in total. The van der Waals surface area contributed by atoms with Gasteiger partial charge in [-0.2, -0.15) is 5.26 Å². The predicted molar refractivity (Wildman–Crippen MR) is 68.0 cm³/mol. The number of amides is 1. The minimum atomic E-state index is -0.442. The molecule has 0 aliphatic heterocycles. The number of aryl methyl sites for hydroxylation is 1. The first-order valence-corrected chi connectivity index (χ1v) is 5.55. The van der Waals surface area contributed by atoms with E-state index in [0.29, 0.717) is 11.3 Å². The minimum Gasteiger partial charge on any atom is -0.321 e. The number of anilines is 1. The zero-order valence-corrected chi connectivity index (χ0v) is 10.1. The van der Waals surface area contributed by atoms with Gasteiger partial charge in [-0.25, -0.2) is 9.37 Å². The minimum absolute atomic E-state index is 0.140. The van der Waals surface area contributed by atoms with Gasteiger partial charge in [0.25, 0.3) is 5.91 Å². The maximum Gasteiger partial charge on any atom is 0.274 e. The summed E-state index contributed by atoms with van der Waals surface area (Å²) in [5.41, 5.74) is 1.23. The highest BCUT2D eigenvalue weighted by Crippen LogP contribution is 2.14. The van der Waals surface area contributed by atoms with E-state index in [4.69, 9.17) is 5.26 Å². The molecule has 0 bridgehead atoms.